The minimum atomic E-state index is -0.483. The molecule has 1 aliphatic rings. The summed E-state index contributed by atoms with van der Waals surface area (Å²) in [4.78, 5) is 28.5. The summed E-state index contributed by atoms with van der Waals surface area (Å²) in [6.45, 7) is 1.85. The molecule has 0 aliphatic heterocycles. The molecule has 4 nitrogen and oxygen atoms in total. The van der Waals surface area contributed by atoms with Crippen LogP contribution in [0.2, 0.25) is 0 Å². The molecule has 1 aliphatic carbocycles. The van der Waals surface area contributed by atoms with E-state index in [1.807, 2.05) is 19.1 Å². The van der Waals surface area contributed by atoms with Gasteiger partial charge >= 0.3 is 0 Å². The molecule has 0 N–H and O–H groups in total. The van der Waals surface area contributed by atoms with Gasteiger partial charge in [-0.2, -0.15) is 0 Å². The van der Waals surface area contributed by atoms with Gasteiger partial charge in [0.15, 0.2) is 0 Å². The zero-order valence-electron chi connectivity index (χ0n) is 9.61. The summed E-state index contributed by atoms with van der Waals surface area (Å²) in [7, 11) is 0. The monoisotopic (exact) mass is 304 g/mol. The number of imidazole rings is 1. The Labute approximate surface area is 111 Å². The number of halogens is 1. The topological polar surface area (TPSA) is 51.4 Å². The fourth-order valence-electron chi connectivity index (χ4n) is 2.17. The van der Waals surface area contributed by atoms with Gasteiger partial charge in [0.1, 0.15) is 17.0 Å². The highest BCUT2D eigenvalue weighted by molar-refractivity contribution is 9.15. The number of carbonyl (C=O) groups is 2. The number of hydrogen-bond donors (Lipinski definition) is 0. The second-order valence-electron chi connectivity index (χ2n) is 4.04. The van der Waals surface area contributed by atoms with Crippen molar-refractivity contribution >= 4 is 37.6 Å². The van der Waals surface area contributed by atoms with E-state index in [1.165, 1.54) is 0 Å². The number of pyridine rings is 1. The highest BCUT2D eigenvalue weighted by Gasteiger charge is 2.34. The average molecular weight is 305 g/mol. The molecule has 5 heteroatoms. The minimum absolute atomic E-state index is 0.347. The molecule has 90 valence electrons. The van der Waals surface area contributed by atoms with E-state index in [0.29, 0.717) is 33.5 Å². The first-order valence-corrected chi connectivity index (χ1v) is 6.39. The van der Waals surface area contributed by atoms with Crippen molar-refractivity contribution in [1.29, 1.82) is 0 Å². The van der Waals surface area contributed by atoms with Crippen molar-refractivity contribution in [2.45, 2.75) is 13.3 Å². The zero-order valence-corrected chi connectivity index (χ0v) is 11.2. The highest BCUT2D eigenvalue weighted by atomic mass is 79.9. The van der Waals surface area contributed by atoms with Gasteiger partial charge in [-0.3, -0.25) is 14.0 Å². The van der Waals surface area contributed by atoms with E-state index in [2.05, 4.69) is 20.9 Å². The molecule has 0 amide bonds. The first-order valence-electron chi connectivity index (χ1n) is 5.60. The van der Waals surface area contributed by atoms with E-state index in [-0.39, 0.29) is 0 Å². The molecule has 0 aromatic carbocycles. The predicted molar refractivity (Wildman–Crippen MR) is 70.7 cm³/mol. The van der Waals surface area contributed by atoms with Crippen LogP contribution in [0.1, 0.15) is 29.5 Å². The van der Waals surface area contributed by atoms with Crippen molar-refractivity contribution in [2.75, 3.05) is 0 Å². The Balaban J connectivity index is 2.43. The summed E-state index contributed by atoms with van der Waals surface area (Å²) >= 11 is 3.39. The molecule has 0 spiro atoms. The van der Waals surface area contributed by atoms with Crippen molar-refractivity contribution in [2.24, 2.45) is 0 Å². The lowest BCUT2D eigenvalue weighted by Crippen LogP contribution is -2.23. The van der Waals surface area contributed by atoms with Gasteiger partial charge in [0.2, 0.25) is 5.78 Å². The number of allylic oxidation sites excluding steroid dienone is 1. The number of ketones is 2. The van der Waals surface area contributed by atoms with E-state index in [0.717, 1.165) is 0 Å². The van der Waals surface area contributed by atoms with Gasteiger partial charge in [-0.25, -0.2) is 4.98 Å². The van der Waals surface area contributed by atoms with Crippen LogP contribution in [-0.2, 0) is 4.79 Å². The van der Waals surface area contributed by atoms with Crippen LogP contribution in [0, 0.1) is 0 Å². The first-order chi connectivity index (χ1) is 8.65. The largest absolute Gasteiger partial charge is 0.296 e. The van der Waals surface area contributed by atoms with Crippen molar-refractivity contribution < 1.29 is 9.59 Å². The van der Waals surface area contributed by atoms with Gasteiger partial charge in [0.25, 0.3) is 5.78 Å². The van der Waals surface area contributed by atoms with Crippen molar-refractivity contribution in [3.05, 3.63) is 41.4 Å². The third-order valence-electron chi connectivity index (χ3n) is 3.05. The quantitative estimate of drug-likeness (QED) is 0.761. The number of hydrogen-bond acceptors (Lipinski definition) is 3. The SMILES string of the molecule is CCC1=C(Br)c2nc3ccccn3c2C(=O)C1=O. The molecular weight excluding hydrogens is 296 g/mol. The predicted octanol–water partition coefficient (Wildman–Crippen LogP) is 2.62. The van der Waals surface area contributed by atoms with E-state index in [1.54, 1.807) is 16.7 Å². The standard InChI is InChI=1S/C13H9BrN2O2/c1-2-7-9(14)10-11(13(18)12(7)17)16-6-4-3-5-8(16)15-10/h3-6H,2H2,1H3. The molecule has 18 heavy (non-hydrogen) atoms. The van der Waals surface area contributed by atoms with Crippen LogP contribution in [0.5, 0.6) is 0 Å². The third kappa shape index (κ3) is 1.34. The molecule has 0 atom stereocenters. The summed E-state index contributed by atoms with van der Waals surface area (Å²) in [5.41, 5.74) is 2.07. The van der Waals surface area contributed by atoms with Crippen molar-refractivity contribution in [3.8, 4) is 0 Å². The summed E-state index contributed by atoms with van der Waals surface area (Å²) in [6.07, 6.45) is 2.25. The van der Waals surface area contributed by atoms with Crippen LogP contribution in [0.4, 0.5) is 0 Å². The lowest BCUT2D eigenvalue weighted by molar-refractivity contribution is -0.112. The van der Waals surface area contributed by atoms with Gasteiger partial charge in [-0.15, -0.1) is 0 Å². The minimum Gasteiger partial charge on any atom is -0.296 e. The number of Topliss-reactive ketones (excluding diaryl/α,β-unsaturated/α-hetero) is 2. The molecule has 2 heterocycles. The second-order valence-corrected chi connectivity index (χ2v) is 4.84. The van der Waals surface area contributed by atoms with Crippen LogP contribution in [0.3, 0.4) is 0 Å². The maximum atomic E-state index is 12.1. The Hall–Kier alpha value is -1.75. The lowest BCUT2D eigenvalue weighted by Gasteiger charge is -2.13. The summed E-state index contributed by atoms with van der Waals surface area (Å²) < 4.78 is 2.29. The number of nitrogens with zero attached hydrogens (tertiary/aromatic N) is 2. The molecule has 3 rings (SSSR count). The Morgan fingerprint density at radius 2 is 2.06 bits per heavy atom. The molecule has 2 aromatic heterocycles. The van der Waals surface area contributed by atoms with E-state index < -0.39 is 11.6 Å². The van der Waals surface area contributed by atoms with Gasteiger partial charge in [-0.05, 0) is 34.5 Å². The van der Waals surface area contributed by atoms with Gasteiger partial charge in [0, 0.05) is 11.8 Å². The molecule has 0 fully saturated rings. The fraction of sp³-hybridized carbons (Fsp3) is 0.154. The first kappa shape index (κ1) is 11.3. The second kappa shape index (κ2) is 3.88. The Kier molecular flexibility index (Phi) is 2.45. The fourth-order valence-corrected chi connectivity index (χ4v) is 2.91. The average Bonchev–Trinajstić information content (AvgIpc) is 2.76. The van der Waals surface area contributed by atoms with Crippen LogP contribution in [-0.4, -0.2) is 21.0 Å². The van der Waals surface area contributed by atoms with Crippen LogP contribution < -0.4 is 0 Å². The van der Waals surface area contributed by atoms with Gasteiger partial charge in [0.05, 0.1) is 4.48 Å². The number of aromatic nitrogens is 2. The van der Waals surface area contributed by atoms with Gasteiger partial charge < -0.3 is 0 Å². The van der Waals surface area contributed by atoms with Gasteiger partial charge in [-0.1, -0.05) is 13.0 Å². The Morgan fingerprint density at radius 1 is 1.28 bits per heavy atom. The summed E-state index contributed by atoms with van der Waals surface area (Å²) in [6, 6.07) is 5.46. The molecule has 0 saturated heterocycles. The normalized spacial score (nSPS) is 15.4. The number of rotatable bonds is 1. The van der Waals surface area contributed by atoms with Crippen LogP contribution in [0.15, 0.2) is 30.0 Å². The summed E-state index contributed by atoms with van der Waals surface area (Å²) in [5.74, 6) is -0.925. The highest BCUT2D eigenvalue weighted by Crippen LogP contribution is 2.34. The van der Waals surface area contributed by atoms with Crippen LogP contribution in [0.25, 0.3) is 10.1 Å². The smallest absolute Gasteiger partial charge is 0.252 e. The molecule has 2 aromatic rings. The van der Waals surface area contributed by atoms with E-state index in [4.69, 9.17) is 0 Å². The Morgan fingerprint density at radius 3 is 2.78 bits per heavy atom. The number of fused-ring (bicyclic) bond motifs is 3. The summed E-state index contributed by atoms with van der Waals surface area (Å²) in [5, 5.41) is 0. The van der Waals surface area contributed by atoms with E-state index >= 15 is 0 Å². The van der Waals surface area contributed by atoms with Crippen molar-refractivity contribution in [3.63, 3.8) is 0 Å². The van der Waals surface area contributed by atoms with Crippen molar-refractivity contribution in [1.82, 2.24) is 9.38 Å². The molecule has 0 bridgehead atoms. The number of carbonyl (C=O) groups excluding carboxylic acids is 2. The third-order valence-corrected chi connectivity index (χ3v) is 3.91. The zero-order chi connectivity index (χ0) is 12.9. The van der Waals surface area contributed by atoms with Crippen LogP contribution >= 0.6 is 15.9 Å². The Bertz CT molecular complexity index is 728. The molecule has 0 saturated carbocycles. The van der Waals surface area contributed by atoms with E-state index in [9.17, 15) is 9.59 Å². The molecule has 0 unspecified atom stereocenters. The maximum absolute atomic E-state index is 12.1. The molecular formula is C13H9BrN2O2. The maximum Gasteiger partial charge on any atom is 0.252 e. The lowest BCUT2D eigenvalue weighted by atomic mass is 9.95. The molecule has 0 radical (unpaired) electrons.